The molecule has 0 bridgehead atoms. The number of carbonyl (C=O) groups excluding carboxylic acids is 2. The number of nitrogens with one attached hydrogen (secondary N) is 2. The van der Waals surface area contributed by atoms with Crippen LogP contribution < -0.4 is 10.9 Å². The average molecular weight is 492 g/mol. The number of carbonyl (C=O) groups is 2. The highest BCUT2D eigenvalue weighted by Gasteiger charge is 2.13. The maximum Gasteiger partial charge on any atom is 0.269 e. The number of hydrogen-bond donors (Lipinski definition) is 2. The van der Waals surface area contributed by atoms with Crippen LogP contribution in [0.4, 0.5) is 0 Å². The van der Waals surface area contributed by atoms with Gasteiger partial charge in [0.25, 0.3) is 11.8 Å². The molecule has 1 saturated heterocycles. The minimum atomic E-state index is -0.375. The smallest absolute Gasteiger partial charge is 0.269 e. The molecule has 2 heterocycles. The zero-order chi connectivity index (χ0) is 24.6. The van der Waals surface area contributed by atoms with Crippen molar-refractivity contribution in [1.82, 2.24) is 25.7 Å². The molecule has 2 aromatic carbocycles. The van der Waals surface area contributed by atoms with Gasteiger partial charge in [0.05, 0.1) is 13.2 Å². The number of morpholine rings is 1. The lowest BCUT2D eigenvalue weighted by atomic mass is 10.1. The SMILES string of the molecule is Cc1cc(C)nc(SCc2ccc(C(=O)NNC(=O)c3cccc(CN4CCOCC4)c3)cc2)n1. The third-order valence-corrected chi connectivity index (χ3v) is 6.45. The van der Waals surface area contributed by atoms with Crippen LogP contribution in [0.15, 0.2) is 59.8 Å². The standard InChI is InChI=1S/C26H29N5O3S/c1-18-14-19(2)28-26(27-18)35-17-20-6-8-22(9-7-20)24(32)29-30-25(33)23-5-3-4-21(15-23)16-31-10-12-34-13-11-31/h3-9,14-15H,10-13,16-17H2,1-2H3,(H,29,32)(H,30,33). The fraction of sp³-hybridized carbons (Fsp3) is 0.308. The van der Waals surface area contributed by atoms with Crippen LogP contribution in [-0.2, 0) is 17.0 Å². The van der Waals surface area contributed by atoms with Crippen molar-refractivity contribution in [2.24, 2.45) is 0 Å². The molecule has 0 unspecified atom stereocenters. The predicted octanol–water partition coefficient (Wildman–Crippen LogP) is 3.29. The van der Waals surface area contributed by atoms with Gasteiger partial charge in [0.2, 0.25) is 0 Å². The first kappa shape index (κ1) is 24.8. The first-order chi connectivity index (χ1) is 17.0. The Hall–Kier alpha value is -3.27. The molecule has 182 valence electrons. The number of thioether (sulfide) groups is 1. The lowest BCUT2D eigenvalue weighted by Crippen LogP contribution is -2.41. The first-order valence-electron chi connectivity index (χ1n) is 11.5. The van der Waals surface area contributed by atoms with Crippen LogP contribution in [0.25, 0.3) is 0 Å². The van der Waals surface area contributed by atoms with Crippen molar-refractivity contribution in [2.45, 2.75) is 31.3 Å². The lowest BCUT2D eigenvalue weighted by molar-refractivity contribution is 0.0342. The summed E-state index contributed by atoms with van der Waals surface area (Å²) >= 11 is 1.55. The Labute approximate surface area is 209 Å². The number of rotatable bonds is 7. The van der Waals surface area contributed by atoms with Crippen molar-refractivity contribution in [1.29, 1.82) is 0 Å². The van der Waals surface area contributed by atoms with Gasteiger partial charge in [-0.1, -0.05) is 36.0 Å². The van der Waals surface area contributed by atoms with Gasteiger partial charge in [0.1, 0.15) is 0 Å². The van der Waals surface area contributed by atoms with E-state index in [0.29, 0.717) is 16.9 Å². The molecule has 0 atom stereocenters. The van der Waals surface area contributed by atoms with Gasteiger partial charge >= 0.3 is 0 Å². The second-order valence-electron chi connectivity index (χ2n) is 8.42. The summed E-state index contributed by atoms with van der Waals surface area (Å²) in [6, 6.07) is 16.6. The highest BCUT2D eigenvalue weighted by molar-refractivity contribution is 7.98. The fourth-order valence-electron chi connectivity index (χ4n) is 3.74. The molecule has 9 heteroatoms. The Balaban J connectivity index is 1.27. The van der Waals surface area contributed by atoms with E-state index < -0.39 is 0 Å². The maximum atomic E-state index is 12.6. The first-order valence-corrected chi connectivity index (χ1v) is 12.5. The topological polar surface area (TPSA) is 96.5 Å². The van der Waals surface area contributed by atoms with Crippen molar-refractivity contribution in [3.63, 3.8) is 0 Å². The zero-order valence-electron chi connectivity index (χ0n) is 19.9. The Bertz CT molecular complexity index is 1160. The van der Waals surface area contributed by atoms with E-state index in [1.54, 1.807) is 30.0 Å². The molecule has 1 aliphatic heterocycles. The Morgan fingerprint density at radius 3 is 2.23 bits per heavy atom. The molecule has 0 spiro atoms. The lowest BCUT2D eigenvalue weighted by Gasteiger charge is -2.26. The van der Waals surface area contributed by atoms with Crippen LogP contribution in [-0.4, -0.2) is 53.0 Å². The van der Waals surface area contributed by atoms with Gasteiger partial charge < -0.3 is 4.74 Å². The summed E-state index contributed by atoms with van der Waals surface area (Å²) in [6.45, 7) is 7.88. The van der Waals surface area contributed by atoms with Gasteiger partial charge in [0, 0.05) is 47.9 Å². The molecule has 3 aromatic rings. The molecule has 2 N–H and O–H groups in total. The minimum Gasteiger partial charge on any atom is -0.379 e. The van der Waals surface area contributed by atoms with Gasteiger partial charge in [-0.05, 0) is 55.3 Å². The maximum absolute atomic E-state index is 12.6. The number of benzene rings is 2. The Morgan fingerprint density at radius 2 is 1.54 bits per heavy atom. The summed E-state index contributed by atoms with van der Waals surface area (Å²) in [7, 11) is 0. The van der Waals surface area contributed by atoms with Gasteiger partial charge in [-0.2, -0.15) is 0 Å². The van der Waals surface area contributed by atoms with Crippen molar-refractivity contribution >= 4 is 23.6 Å². The largest absolute Gasteiger partial charge is 0.379 e. The molecule has 1 aliphatic rings. The number of hydrazine groups is 1. The number of amides is 2. The van der Waals surface area contributed by atoms with Crippen molar-refractivity contribution < 1.29 is 14.3 Å². The summed E-state index contributed by atoms with van der Waals surface area (Å²) in [5, 5.41) is 0.737. The summed E-state index contributed by atoms with van der Waals surface area (Å²) in [5.74, 6) is -0.0363. The van der Waals surface area contributed by atoms with Crippen molar-refractivity contribution in [3.8, 4) is 0 Å². The number of ether oxygens (including phenoxy) is 1. The average Bonchev–Trinajstić information content (AvgIpc) is 2.86. The van der Waals surface area contributed by atoms with E-state index in [2.05, 4.69) is 25.7 Å². The van der Waals surface area contributed by atoms with Gasteiger partial charge in [0.15, 0.2) is 5.16 Å². The second-order valence-corrected chi connectivity index (χ2v) is 9.36. The number of aromatic nitrogens is 2. The zero-order valence-corrected chi connectivity index (χ0v) is 20.7. The van der Waals surface area contributed by atoms with E-state index in [1.807, 2.05) is 50.2 Å². The summed E-state index contributed by atoms with van der Waals surface area (Å²) in [5.41, 5.74) is 9.95. The summed E-state index contributed by atoms with van der Waals surface area (Å²) < 4.78 is 5.38. The van der Waals surface area contributed by atoms with Crippen LogP contribution in [0.2, 0.25) is 0 Å². The normalized spacial score (nSPS) is 13.9. The highest BCUT2D eigenvalue weighted by atomic mass is 32.2. The van der Waals surface area contributed by atoms with Crippen molar-refractivity contribution in [3.05, 3.63) is 88.2 Å². The number of aryl methyl sites for hydroxylation is 2. The van der Waals surface area contributed by atoms with E-state index in [9.17, 15) is 9.59 Å². The predicted molar refractivity (Wildman–Crippen MR) is 135 cm³/mol. The van der Waals surface area contributed by atoms with E-state index in [1.165, 1.54) is 0 Å². The van der Waals surface area contributed by atoms with E-state index in [4.69, 9.17) is 4.74 Å². The summed E-state index contributed by atoms with van der Waals surface area (Å²) in [6.07, 6.45) is 0. The fourth-order valence-corrected chi connectivity index (χ4v) is 4.65. The molecule has 0 aliphatic carbocycles. The van der Waals surface area contributed by atoms with Crippen LogP contribution in [0.5, 0.6) is 0 Å². The molecule has 0 saturated carbocycles. The van der Waals surface area contributed by atoms with Crippen molar-refractivity contribution in [2.75, 3.05) is 26.3 Å². The Kier molecular flexibility index (Phi) is 8.46. The third-order valence-electron chi connectivity index (χ3n) is 5.53. The number of nitrogens with zero attached hydrogens (tertiary/aromatic N) is 3. The van der Waals surface area contributed by atoms with Gasteiger partial charge in [-0.25, -0.2) is 9.97 Å². The molecule has 4 rings (SSSR count). The third kappa shape index (κ3) is 7.35. The quantitative estimate of drug-likeness (QED) is 0.297. The molecular weight excluding hydrogens is 462 g/mol. The second kappa shape index (κ2) is 11.9. The van der Waals surface area contributed by atoms with Gasteiger partial charge in [-0.15, -0.1) is 0 Å². The van der Waals surface area contributed by atoms with Crippen LogP contribution in [0.1, 0.15) is 43.2 Å². The monoisotopic (exact) mass is 491 g/mol. The molecule has 8 nitrogen and oxygen atoms in total. The van der Waals surface area contributed by atoms with Crippen LogP contribution in [0.3, 0.4) is 0 Å². The molecule has 1 fully saturated rings. The molecule has 1 aromatic heterocycles. The van der Waals surface area contributed by atoms with Crippen LogP contribution >= 0.6 is 11.8 Å². The summed E-state index contributed by atoms with van der Waals surface area (Å²) in [4.78, 5) is 36.2. The van der Waals surface area contributed by atoms with E-state index in [0.717, 1.165) is 60.5 Å². The van der Waals surface area contributed by atoms with E-state index >= 15 is 0 Å². The molecule has 35 heavy (non-hydrogen) atoms. The highest BCUT2D eigenvalue weighted by Crippen LogP contribution is 2.20. The van der Waals surface area contributed by atoms with Crippen LogP contribution in [0, 0.1) is 13.8 Å². The van der Waals surface area contributed by atoms with E-state index in [-0.39, 0.29) is 11.8 Å². The number of hydrogen-bond acceptors (Lipinski definition) is 7. The molecular formula is C26H29N5O3S. The minimum absolute atomic E-state index is 0.358. The molecule has 0 radical (unpaired) electrons. The molecule has 2 amide bonds. The Morgan fingerprint density at radius 1 is 0.886 bits per heavy atom. The van der Waals surface area contributed by atoms with Gasteiger partial charge in [-0.3, -0.25) is 25.3 Å².